The number of rotatable bonds is 1. The van der Waals surface area contributed by atoms with E-state index in [2.05, 4.69) is 19.9 Å². The van der Waals surface area contributed by atoms with Gasteiger partial charge < -0.3 is 10.2 Å². The van der Waals surface area contributed by atoms with Gasteiger partial charge in [-0.3, -0.25) is 0 Å². The van der Waals surface area contributed by atoms with Crippen LogP contribution in [0.25, 0.3) is 6.08 Å². The van der Waals surface area contributed by atoms with Crippen LogP contribution in [-0.4, -0.2) is 22.4 Å². The lowest BCUT2D eigenvalue weighted by Gasteiger charge is -2.57. The van der Waals surface area contributed by atoms with E-state index >= 15 is 0 Å². The SMILES string of the molecule is C[C@]12CC[C@@H]3[C@H](CC=C4C[C@H](O)CC[C@@]43C)[C@@H]1C/C(=C\c1cccc(F)c1)[C@H]2O. The van der Waals surface area contributed by atoms with Gasteiger partial charge in [0.1, 0.15) is 5.82 Å². The molecule has 0 radical (unpaired) electrons. The van der Waals surface area contributed by atoms with E-state index in [0.29, 0.717) is 17.8 Å². The standard InChI is InChI=1S/C26H33FO2/c1-25-10-8-20(28)15-18(25)6-7-21-22(25)9-11-26(2)23(21)14-17(24(26)29)12-16-4-3-5-19(27)13-16/h3-6,12-13,20-24,28-29H,7-11,14-15H2,1-2H3/b17-12+/t20-,21+,22-,23+,24-,25+,26+/m1/s1. The highest BCUT2D eigenvalue weighted by atomic mass is 19.1. The lowest BCUT2D eigenvalue weighted by atomic mass is 9.48. The van der Waals surface area contributed by atoms with Crippen LogP contribution >= 0.6 is 0 Å². The van der Waals surface area contributed by atoms with Gasteiger partial charge in [-0.05, 0) is 91.4 Å². The molecule has 2 N–H and O–H groups in total. The minimum absolute atomic E-state index is 0.0871. The highest BCUT2D eigenvalue weighted by Crippen LogP contribution is 2.65. The third-order valence-corrected chi connectivity index (χ3v) is 9.15. The zero-order chi connectivity index (χ0) is 20.4. The van der Waals surface area contributed by atoms with E-state index in [1.807, 2.05) is 12.1 Å². The van der Waals surface area contributed by atoms with Crippen molar-refractivity contribution in [3.8, 4) is 0 Å². The average molecular weight is 397 g/mol. The Morgan fingerprint density at radius 3 is 2.69 bits per heavy atom. The highest BCUT2D eigenvalue weighted by Gasteiger charge is 2.59. The lowest BCUT2D eigenvalue weighted by Crippen LogP contribution is -2.51. The van der Waals surface area contributed by atoms with E-state index in [9.17, 15) is 14.6 Å². The molecule has 156 valence electrons. The molecule has 1 aromatic rings. The topological polar surface area (TPSA) is 40.5 Å². The smallest absolute Gasteiger partial charge is 0.123 e. The summed E-state index contributed by atoms with van der Waals surface area (Å²) in [6.07, 6.45) is 10.9. The molecule has 3 fully saturated rings. The van der Waals surface area contributed by atoms with Crippen molar-refractivity contribution in [3.63, 3.8) is 0 Å². The molecule has 4 aliphatic rings. The number of fused-ring (bicyclic) bond motifs is 5. The molecule has 0 bridgehead atoms. The van der Waals surface area contributed by atoms with E-state index in [0.717, 1.165) is 56.1 Å². The summed E-state index contributed by atoms with van der Waals surface area (Å²) in [5, 5.41) is 21.5. The number of aliphatic hydroxyl groups excluding tert-OH is 2. The maximum absolute atomic E-state index is 13.6. The molecule has 5 rings (SSSR count). The second-order valence-electron chi connectivity index (χ2n) is 10.6. The Morgan fingerprint density at radius 2 is 1.90 bits per heavy atom. The first-order valence-corrected chi connectivity index (χ1v) is 11.3. The molecule has 0 saturated heterocycles. The van der Waals surface area contributed by atoms with Crippen LogP contribution in [0.2, 0.25) is 0 Å². The van der Waals surface area contributed by atoms with Crippen LogP contribution in [0.4, 0.5) is 4.39 Å². The van der Waals surface area contributed by atoms with Gasteiger partial charge in [0.05, 0.1) is 12.2 Å². The summed E-state index contributed by atoms with van der Waals surface area (Å²) in [7, 11) is 0. The Bertz CT molecular complexity index is 873. The molecule has 0 amide bonds. The van der Waals surface area contributed by atoms with Crippen molar-refractivity contribution in [3.05, 3.63) is 52.9 Å². The summed E-state index contributed by atoms with van der Waals surface area (Å²) < 4.78 is 13.6. The van der Waals surface area contributed by atoms with Gasteiger partial charge in [0.2, 0.25) is 0 Å². The van der Waals surface area contributed by atoms with Gasteiger partial charge in [-0.1, -0.05) is 43.7 Å². The Hall–Kier alpha value is -1.45. The number of halogens is 1. The molecule has 0 aromatic heterocycles. The van der Waals surface area contributed by atoms with Crippen molar-refractivity contribution < 1.29 is 14.6 Å². The molecule has 3 heteroatoms. The first-order valence-electron chi connectivity index (χ1n) is 11.3. The molecule has 3 saturated carbocycles. The Morgan fingerprint density at radius 1 is 1.07 bits per heavy atom. The Balaban J connectivity index is 1.47. The summed E-state index contributed by atoms with van der Waals surface area (Å²) in [4.78, 5) is 0. The first kappa shape index (κ1) is 19.5. The summed E-state index contributed by atoms with van der Waals surface area (Å²) in [6.45, 7) is 4.70. The van der Waals surface area contributed by atoms with Crippen LogP contribution in [0.15, 0.2) is 41.5 Å². The third kappa shape index (κ3) is 2.96. The molecule has 0 aliphatic heterocycles. The molecule has 4 aliphatic carbocycles. The van der Waals surface area contributed by atoms with E-state index < -0.39 is 6.10 Å². The Labute approximate surface area is 173 Å². The zero-order valence-corrected chi connectivity index (χ0v) is 17.6. The van der Waals surface area contributed by atoms with Crippen molar-refractivity contribution in [2.45, 2.75) is 71.0 Å². The van der Waals surface area contributed by atoms with Crippen molar-refractivity contribution in [2.24, 2.45) is 28.6 Å². The number of hydrogen-bond donors (Lipinski definition) is 2. The van der Waals surface area contributed by atoms with Crippen LogP contribution in [0.5, 0.6) is 0 Å². The lowest BCUT2D eigenvalue weighted by molar-refractivity contribution is -0.0685. The molecule has 0 unspecified atom stereocenters. The Kier molecular flexibility index (Phi) is 4.56. The summed E-state index contributed by atoms with van der Waals surface area (Å²) in [6, 6.07) is 6.67. The summed E-state index contributed by atoms with van der Waals surface area (Å²) in [5.74, 6) is 1.48. The number of allylic oxidation sites excluding steroid dienone is 1. The molecule has 0 spiro atoms. The fraction of sp³-hybridized carbons (Fsp3) is 0.615. The molecular weight excluding hydrogens is 363 g/mol. The number of benzene rings is 1. The molecule has 2 nitrogen and oxygen atoms in total. The fourth-order valence-electron chi connectivity index (χ4n) is 7.45. The van der Waals surface area contributed by atoms with Gasteiger partial charge in [-0.15, -0.1) is 0 Å². The second-order valence-corrected chi connectivity index (χ2v) is 10.6. The minimum Gasteiger partial charge on any atom is -0.393 e. The van der Waals surface area contributed by atoms with Gasteiger partial charge >= 0.3 is 0 Å². The average Bonchev–Trinajstić information content (AvgIpc) is 2.93. The van der Waals surface area contributed by atoms with Gasteiger partial charge in [0.25, 0.3) is 0 Å². The van der Waals surface area contributed by atoms with Crippen molar-refractivity contribution in [2.75, 3.05) is 0 Å². The van der Waals surface area contributed by atoms with Gasteiger partial charge in [0.15, 0.2) is 0 Å². The van der Waals surface area contributed by atoms with Crippen LogP contribution in [0.1, 0.15) is 64.4 Å². The summed E-state index contributed by atoms with van der Waals surface area (Å²) in [5.41, 5.74) is 3.52. The number of hydrogen-bond acceptors (Lipinski definition) is 2. The summed E-state index contributed by atoms with van der Waals surface area (Å²) >= 11 is 0. The molecular formula is C26H33FO2. The molecule has 29 heavy (non-hydrogen) atoms. The van der Waals surface area contributed by atoms with E-state index in [-0.39, 0.29) is 22.8 Å². The minimum atomic E-state index is -0.442. The quantitative estimate of drug-likeness (QED) is 0.615. The normalized spacial score (nSPS) is 45.3. The van der Waals surface area contributed by atoms with Crippen LogP contribution in [0, 0.1) is 34.4 Å². The van der Waals surface area contributed by atoms with Gasteiger partial charge in [-0.2, -0.15) is 0 Å². The second kappa shape index (κ2) is 6.78. The van der Waals surface area contributed by atoms with Crippen molar-refractivity contribution in [1.82, 2.24) is 0 Å². The molecule has 1 aromatic carbocycles. The van der Waals surface area contributed by atoms with Gasteiger partial charge in [0, 0.05) is 5.41 Å². The highest BCUT2D eigenvalue weighted by molar-refractivity contribution is 5.55. The van der Waals surface area contributed by atoms with Gasteiger partial charge in [-0.25, -0.2) is 4.39 Å². The maximum atomic E-state index is 13.6. The van der Waals surface area contributed by atoms with Crippen LogP contribution in [0.3, 0.4) is 0 Å². The predicted octanol–water partition coefficient (Wildman–Crippen LogP) is 5.50. The van der Waals surface area contributed by atoms with E-state index in [1.165, 1.54) is 11.6 Å². The van der Waals surface area contributed by atoms with Crippen LogP contribution in [-0.2, 0) is 0 Å². The van der Waals surface area contributed by atoms with E-state index in [1.54, 1.807) is 12.1 Å². The molecule has 7 atom stereocenters. The first-order chi connectivity index (χ1) is 13.8. The fourth-order valence-corrected chi connectivity index (χ4v) is 7.45. The van der Waals surface area contributed by atoms with Crippen molar-refractivity contribution >= 4 is 6.08 Å². The molecule has 0 heterocycles. The number of aliphatic hydroxyl groups is 2. The third-order valence-electron chi connectivity index (χ3n) is 9.15. The predicted molar refractivity (Wildman–Crippen MR) is 113 cm³/mol. The zero-order valence-electron chi connectivity index (χ0n) is 17.6. The van der Waals surface area contributed by atoms with Crippen molar-refractivity contribution in [1.29, 1.82) is 0 Å². The van der Waals surface area contributed by atoms with Crippen LogP contribution < -0.4 is 0 Å². The van der Waals surface area contributed by atoms with E-state index in [4.69, 9.17) is 0 Å². The largest absolute Gasteiger partial charge is 0.393 e. The monoisotopic (exact) mass is 396 g/mol. The maximum Gasteiger partial charge on any atom is 0.123 e.